The summed E-state index contributed by atoms with van der Waals surface area (Å²) in [5, 5.41) is 3.94. The third kappa shape index (κ3) is 7.29. The third-order valence-corrected chi connectivity index (χ3v) is 9.37. The van der Waals surface area contributed by atoms with Crippen LogP contribution in [0.25, 0.3) is 5.57 Å². The number of carbonyl (C=O) groups excluding carboxylic acids is 2. The van der Waals surface area contributed by atoms with Crippen LogP contribution in [0.1, 0.15) is 58.3 Å². The summed E-state index contributed by atoms with van der Waals surface area (Å²) in [7, 11) is 0. The Morgan fingerprint density at radius 3 is 2.30 bits per heavy atom. The van der Waals surface area contributed by atoms with Crippen molar-refractivity contribution in [1.29, 1.82) is 0 Å². The predicted molar refractivity (Wildman–Crippen MR) is 183 cm³/mol. The average Bonchev–Trinajstić information content (AvgIpc) is 3.44. The van der Waals surface area contributed by atoms with Crippen LogP contribution in [0.5, 0.6) is 17.2 Å². The highest BCUT2D eigenvalue weighted by Crippen LogP contribution is 2.37. The Morgan fingerprint density at radius 1 is 0.848 bits per heavy atom. The number of hydrogen-bond acceptors (Lipinski definition) is 4. The van der Waals surface area contributed by atoms with Gasteiger partial charge in [-0.15, -0.1) is 0 Å². The Balaban J connectivity index is 1.05. The number of hydrogen-bond donors (Lipinski definition) is 1. The minimum Gasteiger partial charge on any atom is -0.494 e. The third-order valence-electron chi connectivity index (χ3n) is 8.77. The van der Waals surface area contributed by atoms with Crippen LogP contribution >= 0.6 is 11.6 Å². The molecule has 1 saturated heterocycles. The Labute approximate surface area is 276 Å². The van der Waals surface area contributed by atoms with Gasteiger partial charge < -0.3 is 19.7 Å². The number of halogens is 1. The van der Waals surface area contributed by atoms with Gasteiger partial charge in [0, 0.05) is 41.7 Å². The van der Waals surface area contributed by atoms with E-state index in [2.05, 4.69) is 17.4 Å². The van der Waals surface area contributed by atoms with Gasteiger partial charge in [-0.05, 0) is 110 Å². The van der Waals surface area contributed by atoms with E-state index < -0.39 is 0 Å². The van der Waals surface area contributed by atoms with Crippen LogP contribution in [0.3, 0.4) is 0 Å². The zero-order valence-corrected chi connectivity index (χ0v) is 27.1. The zero-order valence-electron chi connectivity index (χ0n) is 26.4. The molecule has 1 N–H and O–H groups in total. The van der Waals surface area contributed by atoms with Crippen LogP contribution in [-0.2, 0) is 11.2 Å². The lowest BCUT2D eigenvalue weighted by Crippen LogP contribution is -2.47. The standard InChI is InChI=1S/C39H39ClN2O4/c1-26-22-33(23-27(2)37(26)40)45-21-9-16-35-34-15-7-6-10-28(34)25-36(35)39(44)42-19-17-30(18-20-42)41-38(43)29-11-8-14-32(24-29)46-31-12-4-3-5-13-31/h3-8,10-15,22-24,30H,9,16-21,25H2,1-2H3,(H,41,43). The number of likely N-dealkylation sites (tertiary alicyclic amines) is 1. The maximum absolute atomic E-state index is 13.9. The van der Waals surface area contributed by atoms with Gasteiger partial charge in [-0.2, -0.15) is 0 Å². The number of fused-ring (bicyclic) bond motifs is 1. The van der Waals surface area contributed by atoms with E-state index in [1.54, 1.807) is 12.1 Å². The van der Waals surface area contributed by atoms with Crippen molar-refractivity contribution in [3.05, 3.63) is 129 Å². The summed E-state index contributed by atoms with van der Waals surface area (Å²) in [6.07, 6.45) is 3.64. The van der Waals surface area contributed by atoms with Crippen molar-refractivity contribution in [2.24, 2.45) is 0 Å². The van der Waals surface area contributed by atoms with Gasteiger partial charge in [0.25, 0.3) is 5.91 Å². The second-order valence-electron chi connectivity index (χ2n) is 12.1. The van der Waals surface area contributed by atoms with Crippen molar-refractivity contribution < 1.29 is 19.1 Å². The van der Waals surface area contributed by atoms with E-state index in [0.717, 1.165) is 51.6 Å². The lowest BCUT2D eigenvalue weighted by atomic mass is 9.99. The van der Waals surface area contributed by atoms with Crippen LogP contribution in [0.15, 0.2) is 96.6 Å². The molecule has 2 amide bonds. The summed E-state index contributed by atoms with van der Waals surface area (Å²) in [4.78, 5) is 29.0. The summed E-state index contributed by atoms with van der Waals surface area (Å²) in [6.45, 7) is 5.73. The van der Waals surface area contributed by atoms with E-state index >= 15 is 0 Å². The van der Waals surface area contributed by atoms with Crippen molar-refractivity contribution in [2.45, 2.75) is 52.0 Å². The highest BCUT2D eigenvalue weighted by Gasteiger charge is 2.31. The largest absolute Gasteiger partial charge is 0.494 e. The number of benzene rings is 4. The second kappa shape index (κ2) is 14.3. The molecule has 7 heteroatoms. The van der Waals surface area contributed by atoms with Crippen molar-refractivity contribution in [3.63, 3.8) is 0 Å². The molecule has 0 unspecified atom stereocenters. The summed E-state index contributed by atoms with van der Waals surface area (Å²) >= 11 is 6.32. The van der Waals surface area contributed by atoms with E-state index in [4.69, 9.17) is 21.1 Å². The molecular weight excluding hydrogens is 596 g/mol. The Morgan fingerprint density at radius 2 is 1.54 bits per heavy atom. The van der Waals surface area contributed by atoms with Crippen molar-refractivity contribution >= 4 is 29.0 Å². The maximum Gasteiger partial charge on any atom is 0.251 e. The molecule has 4 aromatic carbocycles. The minimum absolute atomic E-state index is 0.00163. The van der Waals surface area contributed by atoms with E-state index in [1.807, 2.05) is 85.5 Å². The first-order valence-corrected chi connectivity index (χ1v) is 16.4. The molecule has 1 heterocycles. The zero-order chi connectivity index (χ0) is 32.0. The van der Waals surface area contributed by atoms with Gasteiger partial charge in [0.1, 0.15) is 17.2 Å². The molecule has 0 atom stereocenters. The van der Waals surface area contributed by atoms with E-state index in [1.165, 1.54) is 11.1 Å². The van der Waals surface area contributed by atoms with Gasteiger partial charge in [0.05, 0.1) is 6.61 Å². The number of aryl methyl sites for hydroxylation is 2. The van der Waals surface area contributed by atoms with Crippen LogP contribution in [0.2, 0.25) is 5.02 Å². The lowest BCUT2D eigenvalue weighted by molar-refractivity contribution is -0.128. The maximum atomic E-state index is 13.9. The number of carbonyl (C=O) groups is 2. The van der Waals surface area contributed by atoms with Crippen LogP contribution in [0, 0.1) is 13.8 Å². The van der Waals surface area contributed by atoms with Gasteiger partial charge in [-0.1, -0.05) is 60.1 Å². The summed E-state index contributed by atoms with van der Waals surface area (Å²) < 4.78 is 12.0. The first-order valence-electron chi connectivity index (χ1n) is 16.0. The van der Waals surface area contributed by atoms with Gasteiger partial charge in [0.15, 0.2) is 0 Å². The number of amides is 2. The molecule has 0 bridgehead atoms. The highest BCUT2D eigenvalue weighted by molar-refractivity contribution is 6.32. The molecule has 236 valence electrons. The first-order chi connectivity index (χ1) is 22.4. The van der Waals surface area contributed by atoms with Gasteiger partial charge >= 0.3 is 0 Å². The molecule has 0 aromatic heterocycles. The number of para-hydroxylation sites is 1. The number of nitrogens with zero attached hydrogens (tertiary/aromatic N) is 1. The topological polar surface area (TPSA) is 67.9 Å². The molecule has 1 fully saturated rings. The minimum atomic E-state index is -0.134. The lowest BCUT2D eigenvalue weighted by Gasteiger charge is -2.33. The molecule has 1 aliphatic carbocycles. The Kier molecular flexibility index (Phi) is 9.74. The fourth-order valence-corrected chi connectivity index (χ4v) is 6.47. The molecule has 6 nitrogen and oxygen atoms in total. The van der Waals surface area contributed by atoms with E-state index in [0.29, 0.717) is 50.3 Å². The molecule has 46 heavy (non-hydrogen) atoms. The molecule has 2 aliphatic rings. The van der Waals surface area contributed by atoms with Gasteiger partial charge in [-0.3, -0.25) is 9.59 Å². The quantitative estimate of drug-likeness (QED) is 0.178. The monoisotopic (exact) mass is 634 g/mol. The fourth-order valence-electron chi connectivity index (χ4n) is 6.36. The highest BCUT2D eigenvalue weighted by atomic mass is 35.5. The SMILES string of the molecule is Cc1cc(OCCCC2=C(C(=O)N3CCC(NC(=O)c4cccc(Oc5ccccc5)c4)CC3)Cc3ccccc32)cc(C)c1Cl. The van der Waals surface area contributed by atoms with E-state index in [-0.39, 0.29) is 17.9 Å². The van der Waals surface area contributed by atoms with Crippen LogP contribution < -0.4 is 14.8 Å². The normalized spacial score (nSPS) is 14.6. The van der Waals surface area contributed by atoms with Gasteiger partial charge in [-0.25, -0.2) is 0 Å². The molecule has 6 rings (SSSR count). The summed E-state index contributed by atoms with van der Waals surface area (Å²) in [5.41, 5.74) is 6.94. The molecule has 0 spiro atoms. The van der Waals surface area contributed by atoms with Gasteiger partial charge in [0.2, 0.25) is 5.91 Å². The number of piperidine rings is 1. The van der Waals surface area contributed by atoms with E-state index in [9.17, 15) is 9.59 Å². The molecule has 4 aromatic rings. The molecule has 1 aliphatic heterocycles. The smallest absolute Gasteiger partial charge is 0.251 e. The van der Waals surface area contributed by atoms with Crippen molar-refractivity contribution in [1.82, 2.24) is 10.2 Å². The number of allylic oxidation sites excluding steroid dienone is 1. The predicted octanol–water partition coefficient (Wildman–Crippen LogP) is 8.34. The number of ether oxygens (including phenoxy) is 2. The summed E-state index contributed by atoms with van der Waals surface area (Å²) in [6, 6.07) is 29.0. The van der Waals surface area contributed by atoms with Crippen LogP contribution in [0.4, 0.5) is 0 Å². The first kappa shape index (κ1) is 31.4. The fraction of sp³-hybridized carbons (Fsp3) is 0.282. The average molecular weight is 635 g/mol. The molecular formula is C39H39ClN2O4. The van der Waals surface area contributed by atoms with Crippen LogP contribution in [-0.4, -0.2) is 42.5 Å². The molecule has 0 saturated carbocycles. The number of rotatable bonds is 10. The molecule has 0 radical (unpaired) electrons. The second-order valence-corrected chi connectivity index (χ2v) is 12.5. The van der Waals surface area contributed by atoms with Crippen molar-refractivity contribution in [2.75, 3.05) is 19.7 Å². The summed E-state index contributed by atoms with van der Waals surface area (Å²) in [5.74, 6) is 2.12. The Hall–Kier alpha value is -4.55. The number of nitrogens with one attached hydrogen (secondary N) is 1. The van der Waals surface area contributed by atoms with Crippen molar-refractivity contribution in [3.8, 4) is 17.2 Å². The Bertz CT molecular complexity index is 1740.